The van der Waals surface area contributed by atoms with Crippen LogP contribution in [0.15, 0.2) is 66.9 Å². The van der Waals surface area contributed by atoms with Crippen molar-refractivity contribution in [3.63, 3.8) is 0 Å². The van der Waals surface area contributed by atoms with Crippen molar-refractivity contribution in [3.05, 3.63) is 72.4 Å². The summed E-state index contributed by atoms with van der Waals surface area (Å²) in [5, 5.41) is 4.60. The maximum absolute atomic E-state index is 13.0. The third-order valence-electron chi connectivity index (χ3n) is 6.84. The summed E-state index contributed by atoms with van der Waals surface area (Å²) in [6.07, 6.45) is 4.88. The van der Waals surface area contributed by atoms with Crippen LogP contribution in [-0.2, 0) is 14.4 Å². The van der Waals surface area contributed by atoms with Gasteiger partial charge in [0, 0.05) is 24.7 Å². The standard InChI is InChI=1S/C27H27N5O4/c33-23(15-16-31-26(35)20-13-7-8-14-21(20)27(31)36)28-29-25(34)22-17-32(19-11-5-2-6-12-19)30-24(22)18-9-3-1-4-10-18/h1-6,9-12,17,20-21H,7-8,13-16H2,(H,28,33)(H,29,34)/t20-,21-/m1/s1. The number of carbonyl (C=O) groups excluding carboxylic acids is 4. The van der Waals surface area contributed by atoms with Crippen LogP contribution in [0.5, 0.6) is 0 Å². The largest absolute Gasteiger partial charge is 0.282 e. The van der Waals surface area contributed by atoms with Crippen LogP contribution in [0.3, 0.4) is 0 Å². The molecule has 36 heavy (non-hydrogen) atoms. The van der Waals surface area contributed by atoms with Crippen LogP contribution < -0.4 is 10.9 Å². The highest BCUT2D eigenvalue weighted by Crippen LogP contribution is 2.38. The lowest BCUT2D eigenvalue weighted by Crippen LogP contribution is -2.43. The quantitative estimate of drug-likeness (QED) is 0.412. The van der Waals surface area contributed by atoms with E-state index in [4.69, 9.17) is 0 Å². The molecule has 9 nitrogen and oxygen atoms in total. The molecule has 3 aromatic rings. The Hall–Kier alpha value is -4.27. The van der Waals surface area contributed by atoms with Crippen LogP contribution in [0.1, 0.15) is 42.5 Å². The van der Waals surface area contributed by atoms with Crippen molar-refractivity contribution in [1.29, 1.82) is 0 Å². The van der Waals surface area contributed by atoms with Gasteiger partial charge in [-0.1, -0.05) is 61.4 Å². The Morgan fingerprint density at radius 2 is 1.47 bits per heavy atom. The minimum absolute atomic E-state index is 0.00752. The molecule has 1 aliphatic carbocycles. The monoisotopic (exact) mass is 485 g/mol. The fraction of sp³-hybridized carbons (Fsp3) is 0.296. The highest BCUT2D eigenvalue weighted by atomic mass is 16.2. The zero-order chi connectivity index (χ0) is 25.1. The molecule has 1 saturated heterocycles. The Kier molecular flexibility index (Phi) is 6.62. The summed E-state index contributed by atoms with van der Waals surface area (Å²) >= 11 is 0. The number of benzene rings is 2. The number of para-hydroxylation sites is 1. The van der Waals surface area contributed by atoms with Crippen molar-refractivity contribution >= 4 is 23.6 Å². The first-order chi connectivity index (χ1) is 17.5. The lowest BCUT2D eigenvalue weighted by atomic mass is 9.81. The van der Waals surface area contributed by atoms with Gasteiger partial charge < -0.3 is 0 Å². The van der Waals surface area contributed by atoms with Crippen LogP contribution in [-0.4, -0.2) is 44.9 Å². The maximum Gasteiger partial charge on any atom is 0.273 e. The predicted molar refractivity (Wildman–Crippen MR) is 131 cm³/mol. The number of imide groups is 1. The van der Waals surface area contributed by atoms with Gasteiger partial charge in [0.05, 0.1) is 23.1 Å². The first-order valence-corrected chi connectivity index (χ1v) is 12.2. The molecule has 2 fully saturated rings. The average Bonchev–Trinajstić information content (AvgIpc) is 3.47. The normalized spacial score (nSPS) is 19.2. The summed E-state index contributed by atoms with van der Waals surface area (Å²) in [6.45, 7) is 0.00752. The summed E-state index contributed by atoms with van der Waals surface area (Å²) in [5.41, 5.74) is 7.16. The number of fused-ring (bicyclic) bond motifs is 1. The van der Waals surface area contributed by atoms with Gasteiger partial charge in [-0.15, -0.1) is 0 Å². The molecule has 4 amide bonds. The SMILES string of the molecule is O=C(CCN1C(=O)[C@@H]2CCCC[C@H]2C1=O)NNC(=O)c1cn(-c2ccccc2)nc1-c1ccccc1. The molecule has 0 unspecified atom stereocenters. The highest BCUT2D eigenvalue weighted by Gasteiger charge is 2.47. The van der Waals surface area contributed by atoms with Crippen LogP contribution >= 0.6 is 0 Å². The van der Waals surface area contributed by atoms with Crippen LogP contribution in [0.2, 0.25) is 0 Å². The zero-order valence-corrected chi connectivity index (χ0v) is 19.7. The molecule has 2 aromatic carbocycles. The van der Waals surface area contributed by atoms with E-state index in [1.54, 1.807) is 10.9 Å². The Morgan fingerprint density at radius 3 is 2.11 bits per heavy atom. The molecule has 0 bridgehead atoms. The van der Waals surface area contributed by atoms with Gasteiger partial charge in [0.15, 0.2) is 0 Å². The second-order valence-electron chi connectivity index (χ2n) is 9.12. The molecule has 2 N–H and O–H groups in total. The number of nitrogens with zero attached hydrogens (tertiary/aromatic N) is 3. The number of nitrogens with one attached hydrogen (secondary N) is 2. The first-order valence-electron chi connectivity index (χ1n) is 12.2. The third-order valence-corrected chi connectivity index (χ3v) is 6.84. The first kappa shape index (κ1) is 23.5. The van der Waals surface area contributed by atoms with Gasteiger partial charge in [0.25, 0.3) is 5.91 Å². The molecule has 1 saturated carbocycles. The van der Waals surface area contributed by atoms with E-state index in [1.807, 2.05) is 60.7 Å². The smallest absolute Gasteiger partial charge is 0.273 e. The van der Waals surface area contributed by atoms with E-state index in [-0.39, 0.29) is 36.6 Å². The number of likely N-dealkylation sites (tertiary alicyclic amines) is 1. The number of amides is 4. The molecule has 0 spiro atoms. The maximum atomic E-state index is 13.0. The second kappa shape index (κ2) is 10.2. The fourth-order valence-electron chi connectivity index (χ4n) is 4.98. The predicted octanol–water partition coefficient (Wildman–Crippen LogP) is 2.87. The second-order valence-corrected chi connectivity index (χ2v) is 9.12. The van der Waals surface area contributed by atoms with E-state index < -0.39 is 11.8 Å². The minimum Gasteiger partial charge on any atom is -0.282 e. The molecule has 1 aromatic heterocycles. The zero-order valence-electron chi connectivity index (χ0n) is 19.7. The van der Waals surface area contributed by atoms with E-state index in [0.717, 1.165) is 36.9 Å². The van der Waals surface area contributed by atoms with Crippen molar-refractivity contribution in [1.82, 2.24) is 25.5 Å². The Bertz CT molecular complexity index is 1260. The van der Waals surface area contributed by atoms with E-state index in [9.17, 15) is 19.2 Å². The van der Waals surface area contributed by atoms with Gasteiger partial charge >= 0.3 is 0 Å². The number of rotatable bonds is 6. The van der Waals surface area contributed by atoms with Crippen molar-refractivity contribution in [3.8, 4) is 16.9 Å². The summed E-state index contributed by atoms with van der Waals surface area (Å²) < 4.78 is 1.61. The number of hydrazine groups is 1. The number of hydrogen-bond donors (Lipinski definition) is 2. The highest BCUT2D eigenvalue weighted by molar-refractivity contribution is 6.05. The van der Waals surface area contributed by atoms with Gasteiger partial charge in [-0.3, -0.25) is 34.9 Å². The molecule has 2 atom stereocenters. The average molecular weight is 486 g/mol. The van der Waals surface area contributed by atoms with E-state index in [2.05, 4.69) is 16.0 Å². The molecule has 9 heteroatoms. The number of hydrogen-bond acceptors (Lipinski definition) is 5. The van der Waals surface area contributed by atoms with E-state index in [1.165, 1.54) is 4.90 Å². The third kappa shape index (κ3) is 4.64. The number of carbonyl (C=O) groups is 4. The Morgan fingerprint density at radius 1 is 0.861 bits per heavy atom. The van der Waals surface area contributed by atoms with E-state index >= 15 is 0 Å². The lowest BCUT2D eigenvalue weighted by Gasteiger charge is -2.19. The van der Waals surface area contributed by atoms with Crippen LogP contribution in [0.4, 0.5) is 0 Å². The minimum atomic E-state index is -0.524. The number of aromatic nitrogens is 2. The van der Waals surface area contributed by atoms with Gasteiger partial charge in [0.1, 0.15) is 5.69 Å². The summed E-state index contributed by atoms with van der Waals surface area (Å²) in [6, 6.07) is 18.7. The molecule has 2 aliphatic rings. The molecule has 0 radical (unpaired) electrons. The van der Waals surface area contributed by atoms with Gasteiger partial charge in [0.2, 0.25) is 17.7 Å². The van der Waals surface area contributed by atoms with Gasteiger partial charge in [-0.25, -0.2) is 4.68 Å². The molecular formula is C27H27N5O4. The van der Waals surface area contributed by atoms with Crippen molar-refractivity contribution in [2.24, 2.45) is 11.8 Å². The van der Waals surface area contributed by atoms with Gasteiger partial charge in [-0.2, -0.15) is 5.10 Å². The molecule has 5 rings (SSSR count). The van der Waals surface area contributed by atoms with Gasteiger partial charge in [-0.05, 0) is 25.0 Å². The van der Waals surface area contributed by atoms with Crippen molar-refractivity contribution < 1.29 is 19.2 Å². The summed E-state index contributed by atoms with van der Waals surface area (Å²) in [4.78, 5) is 51.9. The fourth-order valence-corrected chi connectivity index (χ4v) is 4.98. The molecule has 2 heterocycles. The van der Waals surface area contributed by atoms with Crippen molar-refractivity contribution in [2.75, 3.05) is 6.54 Å². The summed E-state index contributed by atoms with van der Waals surface area (Å²) in [7, 11) is 0. The molecule has 184 valence electrons. The lowest BCUT2D eigenvalue weighted by molar-refractivity contribution is -0.140. The topological polar surface area (TPSA) is 113 Å². The Labute approximate surface area is 208 Å². The van der Waals surface area contributed by atoms with Crippen LogP contribution in [0, 0.1) is 11.8 Å². The molecular weight excluding hydrogens is 458 g/mol. The summed E-state index contributed by atoms with van der Waals surface area (Å²) in [5.74, 6) is -1.86. The molecule has 1 aliphatic heterocycles. The van der Waals surface area contributed by atoms with E-state index in [0.29, 0.717) is 11.3 Å². The van der Waals surface area contributed by atoms with Crippen molar-refractivity contribution in [2.45, 2.75) is 32.1 Å². The van der Waals surface area contributed by atoms with Crippen LogP contribution in [0.25, 0.3) is 16.9 Å². The Balaban J connectivity index is 1.24.